The molecule has 0 atom stereocenters. The lowest BCUT2D eigenvalue weighted by Crippen LogP contribution is -2.13. The van der Waals surface area contributed by atoms with Gasteiger partial charge in [-0.2, -0.15) is 0 Å². The Balaban J connectivity index is 2.20. The van der Waals surface area contributed by atoms with Crippen LogP contribution in [-0.2, 0) is 23.7 Å². The van der Waals surface area contributed by atoms with Crippen LogP contribution >= 0.6 is 0 Å². The van der Waals surface area contributed by atoms with E-state index in [4.69, 9.17) is 0 Å². The van der Waals surface area contributed by atoms with Crippen LogP contribution in [0.5, 0.6) is 11.5 Å². The van der Waals surface area contributed by atoms with Crippen LogP contribution in [0.3, 0.4) is 0 Å². The predicted octanol–water partition coefficient (Wildman–Crippen LogP) is 6.48. The molecule has 0 heterocycles. The van der Waals surface area contributed by atoms with E-state index >= 15 is 0 Å². The fourth-order valence-corrected chi connectivity index (χ4v) is 3.68. The molecule has 0 bridgehead atoms. The normalized spacial score (nSPS) is 12.4. The maximum absolute atomic E-state index is 10.3. The van der Waals surface area contributed by atoms with Gasteiger partial charge in [0.2, 0.25) is 0 Å². The number of aryl methyl sites for hydroxylation is 4. The van der Waals surface area contributed by atoms with Crippen molar-refractivity contribution in [3.8, 4) is 11.5 Å². The molecule has 0 fully saturated rings. The summed E-state index contributed by atoms with van der Waals surface area (Å²) in [6.45, 7) is 17.0. The smallest absolute Gasteiger partial charge is 0.119 e. The summed E-state index contributed by atoms with van der Waals surface area (Å²) < 4.78 is 0. The summed E-state index contributed by atoms with van der Waals surface area (Å²) in [6.07, 6.45) is 3.02. The molecule has 0 amide bonds. The average Bonchev–Trinajstić information content (AvgIpc) is 2.48. The van der Waals surface area contributed by atoms with Gasteiger partial charge in [0.1, 0.15) is 11.5 Å². The van der Waals surface area contributed by atoms with Gasteiger partial charge in [-0.25, -0.2) is 0 Å². The van der Waals surface area contributed by atoms with Crippen LogP contribution in [0.2, 0.25) is 0 Å². The lowest BCUT2D eigenvalue weighted by atomic mass is 9.83. The molecule has 2 aromatic rings. The van der Waals surface area contributed by atoms with Crippen molar-refractivity contribution in [3.05, 3.63) is 57.6 Å². The highest BCUT2D eigenvalue weighted by molar-refractivity contribution is 5.46. The summed E-state index contributed by atoms with van der Waals surface area (Å²) in [5.74, 6) is 0.792. The molecular weight excluding hydrogens is 332 g/mol. The second kappa shape index (κ2) is 7.58. The molecule has 0 aliphatic rings. The quantitative estimate of drug-likeness (QED) is 0.648. The Morgan fingerprint density at radius 2 is 0.963 bits per heavy atom. The standard InChI is InChI=1S/C25H36O2/c1-16-12-22(26)20(24(3,4)5)14-18(16)10-9-11-19-15-21(25(6,7)8)23(27)13-17(19)2/h12-15,26-27H,9-11H2,1-8H3. The lowest BCUT2D eigenvalue weighted by molar-refractivity contribution is 0.445. The molecule has 0 unspecified atom stereocenters. The molecule has 2 nitrogen and oxygen atoms in total. The first-order valence-corrected chi connectivity index (χ1v) is 9.96. The number of benzene rings is 2. The molecule has 27 heavy (non-hydrogen) atoms. The van der Waals surface area contributed by atoms with E-state index < -0.39 is 0 Å². The fourth-order valence-electron chi connectivity index (χ4n) is 3.68. The van der Waals surface area contributed by atoms with E-state index in [0.29, 0.717) is 11.5 Å². The summed E-state index contributed by atoms with van der Waals surface area (Å²) >= 11 is 0. The minimum absolute atomic E-state index is 0.0678. The van der Waals surface area contributed by atoms with Crippen molar-refractivity contribution >= 4 is 0 Å². The first-order chi connectivity index (χ1) is 12.3. The molecule has 0 aliphatic carbocycles. The number of aromatic hydroxyl groups is 2. The maximum atomic E-state index is 10.3. The van der Waals surface area contributed by atoms with E-state index in [1.54, 1.807) is 0 Å². The number of phenols is 2. The SMILES string of the molecule is Cc1cc(O)c(C(C)(C)C)cc1CCCc1cc(C(C)(C)C)c(O)cc1C. The van der Waals surface area contributed by atoms with Crippen molar-refractivity contribution in [2.24, 2.45) is 0 Å². The monoisotopic (exact) mass is 368 g/mol. The van der Waals surface area contributed by atoms with Crippen molar-refractivity contribution in [2.75, 3.05) is 0 Å². The fraction of sp³-hybridized carbons (Fsp3) is 0.520. The summed E-state index contributed by atoms with van der Waals surface area (Å²) in [5.41, 5.74) is 6.81. The zero-order valence-corrected chi connectivity index (χ0v) is 18.3. The van der Waals surface area contributed by atoms with Gasteiger partial charge in [0.15, 0.2) is 0 Å². The number of phenolic OH excluding ortho intramolecular Hbond substituents is 2. The summed E-state index contributed by atoms with van der Waals surface area (Å²) in [6, 6.07) is 8.16. The topological polar surface area (TPSA) is 40.5 Å². The Bertz CT molecular complexity index is 748. The van der Waals surface area contributed by atoms with Gasteiger partial charge in [0, 0.05) is 0 Å². The largest absolute Gasteiger partial charge is 0.508 e. The van der Waals surface area contributed by atoms with Crippen LogP contribution in [0, 0.1) is 13.8 Å². The van der Waals surface area contributed by atoms with Crippen molar-refractivity contribution in [1.82, 2.24) is 0 Å². The van der Waals surface area contributed by atoms with Crippen LogP contribution in [0.4, 0.5) is 0 Å². The van der Waals surface area contributed by atoms with E-state index in [-0.39, 0.29) is 10.8 Å². The van der Waals surface area contributed by atoms with E-state index in [2.05, 4.69) is 67.5 Å². The molecule has 0 aromatic heterocycles. The second-order valence-corrected chi connectivity index (χ2v) is 9.95. The Morgan fingerprint density at radius 1 is 0.630 bits per heavy atom. The summed E-state index contributed by atoms with van der Waals surface area (Å²) in [4.78, 5) is 0. The molecule has 2 rings (SSSR count). The van der Waals surface area contributed by atoms with Crippen molar-refractivity contribution in [3.63, 3.8) is 0 Å². The third-order valence-corrected chi connectivity index (χ3v) is 5.42. The lowest BCUT2D eigenvalue weighted by Gasteiger charge is -2.23. The first-order valence-electron chi connectivity index (χ1n) is 9.96. The van der Waals surface area contributed by atoms with Crippen LogP contribution in [-0.4, -0.2) is 10.2 Å². The zero-order valence-electron chi connectivity index (χ0n) is 18.3. The van der Waals surface area contributed by atoms with Gasteiger partial charge in [-0.05, 0) is 89.5 Å². The molecule has 0 spiro atoms. The third kappa shape index (κ3) is 5.06. The average molecular weight is 369 g/mol. The Morgan fingerprint density at radius 3 is 1.26 bits per heavy atom. The van der Waals surface area contributed by atoms with E-state index in [9.17, 15) is 10.2 Å². The third-order valence-electron chi connectivity index (χ3n) is 5.42. The van der Waals surface area contributed by atoms with Crippen LogP contribution < -0.4 is 0 Å². The second-order valence-electron chi connectivity index (χ2n) is 9.95. The number of hydrogen-bond acceptors (Lipinski definition) is 2. The van der Waals surface area contributed by atoms with Crippen molar-refractivity contribution in [2.45, 2.75) is 85.5 Å². The van der Waals surface area contributed by atoms with Crippen LogP contribution in [0.15, 0.2) is 24.3 Å². The molecule has 0 saturated carbocycles. The molecule has 0 aliphatic heterocycles. The molecule has 0 radical (unpaired) electrons. The molecule has 2 N–H and O–H groups in total. The predicted molar refractivity (Wildman–Crippen MR) is 115 cm³/mol. The molecule has 2 heteroatoms. The van der Waals surface area contributed by atoms with Gasteiger partial charge in [-0.15, -0.1) is 0 Å². The van der Waals surface area contributed by atoms with Gasteiger partial charge >= 0.3 is 0 Å². The first kappa shape index (κ1) is 21.3. The summed E-state index contributed by atoms with van der Waals surface area (Å²) in [7, 11) is 0. The van der Waals surface area contributed by atoms with Gasteiger partial charge < -0.3 is 10.2 Å². The Labute approximate surface area is 165 Å². The van der Waals surface area contributed by atoms with E-state index in [0.717, 1.165) is 41.5 Å². The van der Waals surface area contributed by atoms with Crippen molar-refractivity contribution in [1.29, 1.82) is 0 Å². The van der Waals surface area contributed by atoms with E-state index in [1.165, 1.54) is 11.1 Å². The number of rotatable bonds is 4. The van der Waals surface area contributed by atoms with Gasteiger partial charge in [0.25, 0.3) is 0 Å². The van der Waals surface area contributed by atoms with Gasteiger partial charge in [0.05, 0.1) is 0 Å². The van der Waals surface area contributed by atoms with Gasteiger partial charge in [-0.3, -0.25) is 0 Å². The Hall–Kier alpha value is -1.96. The molecule has 148 valence electrons. The highest BCUT2D eigenvalue weighted by atomic mass is 16.3. The van der Waals surface area contributed by atoms with Crippen LogP contribution in [0.1, 0.15) is 81.3 Å². The highest BCUT2D eigenvalue weighted by Crippen LogP contribution is 2.35. The molecular formula is C25H36O2. The number of hydrogen-bond donors (Lipinski definition) is 2. The zero-order chi connectivity index (χ0) is 20.6. The molecule has 0 saturated heterocycles. The minimum Gasteiger partial charge on any atom is -0.508 e. The highest BCUT2D eigenvalue weighted by Gasteiger charge is 2.21. The van der Waals surface area contributed by atoms with E-state index in [1.807, 2.05) is 12.1 Å². The Kier molecular flexibility index (Phi) is 5.99. The van der Waals surface area contributed by atoms with Crippen molar-refractivity contribution < 1.29 is 10.2 Å². The maximum Gasteiger partial charge on any atom is 0.119 e. The summed E-state index contributed by atoms with van der Waals surface area (Å²) in [5, 5.41) is 20.6. The van der Waals surface area contributed by atoms with Crippen LogP contribution in [0.25, 0.3) is 0 Å². The molecule has 2 aromatic carbocycles. The minimum atomic E-state index is -0.0678. The van der Waals surface area contributed by atoms with Gasteiger partial charge in [-0.1, -0.05) is 53.7 Å².